The van der Waals surface area contributed by atoms with Gasteiger partial charge in [0.05, 0.1) is 21.7 Å². The van der Waals surface area contributed by atoms with Gasteiger partial charge in [-0.3, -0.25) is 14.5 Å². The third-order valence-electron chi connectivity index (χ3n) is 8.54. The van der Waals surface area contributed by atoms with Gasteiger partial charge in [-0.2, -0.15) is 5.26 Å². The number of carbonyl (C=O) groups excluding carboxylic acids is 1. The Hall–Kier alpha value is -2.32. The van der Waals surface area contributed by atoms with Gasteiger partial charge < -0.3 is 19.5 Å². The largest absolute Gasteiger partial charge is 0.616 e. The van der Waals surface area contributed by atoms with E-state index in [9.17, 15) is 14.6 Å². The third-order valence-corrected chi connectivity index (χ3v) is 10.6. The van der Waals surface area contributed by atoms with Crippen LogP contribution >= 0.6 is 23.2 Å². The summed E-state index contributed by atoms with van der Waals surface area (Å²) in [7, 11) is 1.86. The fraction of sp³-hybridized carbons (Fsp3) is 0.531. The molecule has 3 aliphatic rings. The monoisotopic (exact) mass is 646 g/mol. The molecule has 2 saturated heterocycles. The number of hydrogen-bond acceptors (Lipinski definition) is 6. The van der Waals surface area contributed by atoms with Crippen LogP contribution in [0.4, 0.5) is 0 Å². The molecule has 1 N–H and O–H groups in total. The molecule has 0 radical (unpaired) electrons. The van der Waals surface area contributed by atoms with Crippen LogP contribution in [0.15, 0.2) is 30.3 Å². The number of aryl methyl sites for hydroxylation is 1. The molecule has 1 atom stereocenters. The Morgan fingerprint density at radius 3 is 2.47 bits per heavy atom. The van der Waals surface area contributed by atoms with E-state index in [0.717, 1.165) is 99.9 Å². The molecule has 5 rings (SSSR count). The molecule has 43 heavy (non-hydrogen) atoms. The van der Waals surface area contributed by atoms with Gasteiger partial charge in [-0.1, -0.05) is 40.4 Å². The van der Waals surface area contributed by atoms with Gasteiger partial charge in [0.25, 0.3) is 11.9 Å². The Labute approximate surface area is 267 Å². The van der Waals surface area contributed by atoms with Crippen molar-refractivity contribution in [2.24, 2.45) is 0 Å². The topological polar surface area (TPSA) is 111 Å². The second kappa shape index (κ2) is 15.6. The average Bonchev–Trinajstić information content (AvgIpc) is 2.96. The van der Waals surface area contributed by atoms with E-state index in [1.807, 2.05) is 36.2 Å². The van der Waals surface area contributed by atoms with Gasteiger partial charge in [-0.15, -0.1) is 0 Å². The van der Waals surface area contributed by atoms with Crippen molar-refractivity contribution in [1.29, 1.82) is 5.26 Å². The zero-order chi connectivity index (χ0) is 31.1. The van der Waals surface area contributed by atoms with E-state index in [4.69, 9.17) is 33.1 Å². The number of halogens is 2. The molecule has 2 aromatic rings. The molecule has 0 aromatic heterocycles. The number of benzene rings is 2. The Morgan fingerprint density at radius 1 is 1.14 bits per heavy atom. The van der Waals surface area contributed by atoms with Crippen LogP contribution in [-0.2, 0) is 28.8 Å². The predicted octanol–water partition coefficient (Wildman–Crippen LogP) is 4.83. The van der Waals surface area contributed by atoms with Crippen LogP contribution in [0.25, 0.3) is 0 Å². The van der Waals surface area contributed by atoms with E-state index < -0.39 is 17.1 Å². The van der Waals surface area contributed by atoms with Crippen molar-refractivity contribution in [3.63, 3.8) is 0 Å². The van der Waals surface area contributed by atoms with Crippen molar-refractivity contribution in [1.82, 2.24) is 14.7 Å². The van der Waals surface area contributed by atoms with Crippen LogP contribution in [0.3, 0.4) is 0 Å². The van der Waals surface area contributed by atoms with Crippen LogP contribution in [0.2, 0.25) is 10.0 Å². The Kier molecular flexibility index (Phi) is 12.2. The van der Waals surface area contributed by atoms with Gasteiger partial charge in [0.2, 0.25) is 0 Å². The van der Waals surface area contributed by atoms with E-state index in [0.29, 0.717) is 33.8 Å². The normalized spacial score (nSPS) is 18.4. The number of carboxylic acid groups (broad SMARTS) is 1. The average molecular weight is 648 g/mol. The van der Waals surface area contributed by atoms with Gasteiger partial charge in [0.15, 0.2) is 0 Å². The molecule has 0 spiro atoms. The SMILES string of the molecule is CC(=O)O.CN(C[C@@H](CCN1CC(N2CC[S+]([O-])CC2)C1)c1ccc(Cl)c(Cl)c1)C(=O)c1cc(C#N)cc2c1CCCC2. The van der Waals surface area contributed by atoms with Crippen molar-refractivity contribution in [2.45, 2.75) is 51.0 Å². The lowest BCUT2D eigenvalue weighted by Gasteiger charge is -2.47. The Bertz CT molecular complexity index is 1340. The maximum absolute atomic E-state index is 13.8. The van der Waals surface area contributed by atoms with E-state index in [2.05, 4.69) is 15.9 Å². The lowest BCUT2D eigenvalue weighted by Crippen LogP contribution is -2.62. The van der Waals surface area contributed by atoms with E-state index in [-0.39, 0.29) is 11.8 Å². The summed E-state index contributed by atoms with van der Waals surface area (Å²) in [5.41, 5.74) is 4.56. The van der Waals surface area contributed by atoms with E-state index in [1.165, 1.54) is 0 Å². The lowest BCUT2D eigenvalue weighted by molar-refractivity contribution is -0.134. The zero-order valence-electron chi connectivity index (χ0n) is 24.9. The minimum atomic E-state index is -0.833. The molecular weight excluding hydrogens is 607 g/mol. The minimum Gasteiger partial charge on any atom is -0.616 e. The summed E-state index contributed by atoms with van der Waals surface area (Å²) in [6.07, 6.45) is 4.87. The summed E-state index contributed by atoms with van der Waals surface area (Å²) in [6, 6.07) is 12.3. The minimum absolute atomic E-state index is 0.0261. The first-order valence-corrected chi connectivity index (χ1v) is 17.1. The van der Waals surface area contributed by atoms with Gasteiger partial charge in [-0.25, -0.2) is 0 Å². The molecule has 232 valence electrons. The predicted molar refractivity (Wildman–Crippen MR) is 172 cm³/mol. The molecule has 0 unspecified atom stereocenters. The van der Waals surface area contributed by atoms with Crippen LogP contribution in [0.5, 0.6) is 0 Å². The molecule has 2 heterocycles. The number of amides is 1. The number of likely N-dealkylation sites (N-methyl/N-ethyl adjacent to an activating group) is 1. The number of carboxylic acids is 1. The van der Waals surface area contributed by atoms with E-state index in [1.54, 1.807) is 6.07 Å². The first kappa shape index (κ1) is 33.6. The summed E-state index contributed by atoms with van der Waals surface area (Å²) in [5, 5.41) is 18.0. The third kappa shape index (κ3) is 9.10. The quantitative estimate of drug-likeness (QED) is 0.409. The number of fused-ring (bicyclic) bond motifs is 1. The highest BCUT2D eigenvalue weighted by Crippen LogP contribution is 2.31. The number of carbonyl (C=O) groups is 2. The summed E-state index contributed by atoms with van der Waals surface area (Å²) in [5.74, 6) is 0.815. The highest BCUT2D eigenvalue weighted by Gasteiger charge is 2.35. The molecular formula is C32H40Cl2N4O4S. The second-order valence-corrected chi connectivity index (χ2v) is 14.2. The van der Waals surface area contributed by atoms with Crippen LogP contribution < -0.4 is 0 Å². The van der Waals surface area contributed by atoms with Gasteiger partial charge in [0.1, 0.15) is 11.5 Å². The number of hydrogen-bond donors (Lipinski definition) is 1. The standard InChI is InChI=1S/C30H36Cl2N4O2S.C2H4O2/c1-34(30(37)27-15-21(17-33)14-23-4-2-3-5-26(23)27)18-24(22-6-7-28(31)29(32)16-22)8-9-35-19-25(20-35)36-10-12-39(38)13-11-36;1-2(3)4/h6-7,14-16,24-25H,2-5,8-13,18-20H2,1H3;1H3,(H,3,4)/t24-;/m1./s1. The van der Waals surface area contributed by atoms with Gasteiger partial charge in [-0.05, 0) is 79.6 Å². The van der Waals surface area contributed by atoms with Gasteiger partial charge >= 0.3 is 0 Å². The van der Waals surface area contributed by atoms with Crippen LogP contribution in [0.1, 0.15) is 64.7 Å². The second-order valence-electron chi connectivity index (χ2n) is 11.6. The summed E-state index contributed by atoms with van der Waals surface area (Å²) >= 11 is 12.0. The zero-order valence-corrected chi connectivity index (χ0v) is 27.2. The Balaban J connectivity index is 0.000000996. The summed E-state index contributed by atoms with van der Waals surface area (Å²) < 4.78 is 11.7. The smallest absolute Gasteiger partial charge is 0.300 e. The number of nitriles is 1. The molecule has 8 nitrogen and oxygen atoms in total. The summed E-state index contributed by atoms with van der Waals surface area (Å²) in [6.45, 7) is 6.49. The molecule has 2 aliphatic heterocycles. The van der Waals surface area contributed by atoms with Crippen molar-refractivity contribution >= 4 is 46.3 Å². The van der Waals surface area contributed by atoms with Crippen molar-refractivity contribution in [2.75, 3.05) is 57.8 Å². The molecule has 0 saturated carbocycles. The van der Waals surface area contributed by atoms with Crippen molar-refractivity contribution in [3.05, 3.63) is 68.2 Å². The molecule has 11 heteroatoms. The molecule has 1 aliphatic carbocycles. The number of nitrogens with zero attached hydrogens (tertiary/aromatic N) is 4. The molecule has 0 bridgehead atoms. The maximum atomic E-state index is 13.8. The fourth-order valence-corrected chi connectivity index (χ4v) is 7.57. The summed E-state index contributed by atoms with van der Waals surface area (Å²) in [4.78, 5) is 29.5. The van der Waals surface area contributed by atoms with Crippen molar-refractivity contribution in [3.8, 4) is 6.07 Å². The number of likely N-dealkylation sites (tertiary alicyclic amines) is 1. The number of rotatable bonds is 8. The van der Waals surface area contributed by atoms with Crippen LogP contribution in [0, 0.1) is 11.3 Å². The van der Waals surface area contributed by atoms with Crippen LogP contribution in [-0.4, -0.2) is 100 Å². The molecule has 1 amide bonds. The molecule has 2 aromatic carbocycles. The first-order chi connectivity index (χ1) is 20.5. The lowest BCUT2D eigenvalue weighted by atomic mass is 9.86. The van der Waals surface area contributed by atoms with E-state index >= 15 is 0 Å². The maximum Gasteiger partial charge on any atom is 0.300 e. The molecule has 2 fully saturated rings. The highest BCUT2D eigenvalue weighted by atomic mass is 35.5. The highest BCUT2D eigenvalue weighted by molar-refractivity contribution is 7.91. The van der Waals surface area contributed by atoms with Crippen molar-refractivity contribution < 1.29 is 19.2 Å². The fourth-order valence-electron chi connectivity index (χ4n) is 6.18. The number of aliphatic carboxylic acids is 1. The van der Waals surface area contributed by atoms with Gasteiger partial charge in [0, 0.05) is 64.2 Å². The first-order valence-electron chi connectivity index (χ1n) is 14.8. The Morgan fingerprint density at radius 2 is 1.81 bits per heavy atom.